The first-order valence-electron chi connectivity index (χ1n) is 7.23. The number of hydrogen-bond acceptors (Lipinski definition) is 6. The topological polar surface area (TPSA) is 81.7 Å². The number of furan rings is 2. The quantitative estimate of drug-likeness (QED) is 0.690. The summed E-state index contributed by atoms with van der Waals surface area (Å²) < 4.78 is 15.8. The first-order chi connectivity index (χ1) is 10.7. The number of esters is 1. The van der Waals surface area contributed by atoms with E-state index in [1.54, 1.807) is 37.5 Å². The van der Waals surface area contributed by atoms with Crippen LogP contribution in [-0.4, -0.2) is 18.4 Å². The molecule has 6 nitrogen and oxygen atoms in total. The fraction of sp³-hybridized carbons (Fsp3) is 0.375. The van der Waals surface area contributed by atoms with Gasteiger partial charge < -0.3 is 13.6 Å². The van der Waals surface area contributed by atoms with Crippen LogP contribution in [0.15, 0.2) is 45.6 Å². The lowest BCUT2D eigenvalue weighted by Gasteiger charge is -2.33. The predicted molar refractivity (Wildman–Crippen MR) is 75.8 cm³/mol. The molecule has 0 spiro atoms. The summed E-state index contributed by atoms with van der Waals surface area (Å²) in [5.41, 5.74) is 0. The summed E-state index contributed by atoms with van der Waals surface area (Å²) in [5.74, 6) is -0.425. The van der Waals surface area contributed by atoms with Gasteiger partial charge in [0.1, 0.15) is 17.4 Å². The van der Waals surface area contributed by atoms with Crippen molar-refractivity contribution in [2.45, 2.75) is 25.4 Å². The number of ether oxygens (including phenoxy) is 1. The van der Waals surface area contributed by atoms with E-state index >= 15 is 0 Å². The average molecular weight is 303 g/mol. The Morgan fingerprint density at radius 3 is 2.55 bits per heavy atom. The molecule has 3 rings (SSSR count). The second-order valence-corrected chi connectivity index (χ2v) is 5.13. The second-order valence-electron chi connectivity index (χ2n) is 5.13. The number of piperidine rings is 1. The maximum atomic E-state index is 12.5. The van der Waals surface area contributed by atoms with Gasteiger partial charge >= 0.3 is 5.97 Å². The van der Waals surface area contributed by atoms with Gasteiger partial charge in [-0.05, 0) is 31.2 Å². The third-order valence-electron chi connectivity index (χ3n) is 3.74. The molecule has 0 radical (unpaired) electrons. The molecular formula is C16H17NO5. The number of Topliss-reactive ketones (excluding diaryl/α,β-unsaturated/α-hetero) is 1. The summed E-state index contributed by atoms with van der Waals surface area (Å²) >= 11 is 0. The van der Waals surface area contributed by atoms with Crippen LogP contribution in [0, 0.1) is 5.92 Å². The monoisotopic (exact) mass is 303 g/mol. The van der Waals surface area contributed by atoms with Crippen molar-refractivity contribution in [2.75, 3.05) is 6.61 Å². The lowest BCUT2D eigenvalue weighted by molar-refractivity contribution is -0.155. The summed E-state index contributed by atoms with van der Waals surface area (Å²) in [6.45, 7) is 1.95. The highest BCUT2D eigenvalue weighted by Gasteiger charge is 2.44. The lowest BCUT2D eigenvalue weighted by atomic mass is 9.84. The van der Waals surface area contributed by atoms with E-state index in [0.29, 0.717) is 11.5 Å². The molecule has 0 saturated carbocycles. The Balaban J connectivity index is 1.90. The van der Waals surface area contributed by atoms with Crippen molar-refractivity contribution in [2.24, 2.45) is 5.92 Å². The molecule has 3 heterocycles. The van der Waals surface area contributed by atoms with E-state index in [0.717, 1.165) is 0 Å². The molecule has 2 aromatic rings. The number of hydrogen-bond donors (Lipinski definition) is 1. The van der Waals surface area contributed by atoms with Crippen LogP contribution in [0.1, 0.15) is 36.9 Å². The molecule has 1 aliphatic rings. The van der Waals surface area contributed by atoms with Crippen molar-refractivity contribution in [1.82, 2.24) is 5.32 Å². The molecule has 3 atom stereocenters. The van der Waals surface area contributed by atoms with Gasteiger partial charge in [-0.25, -0.2) is 0 Å². The highest BCUT2D eigenvalue weighted by atomic mass is 16.5. The van der Waals surface area contributed by atoms with Crippen LogP contribution in [0.3, 0.4) is 0 Å². The SMILES string of the molecule is CCOC(=O)C1C(=O)CC(c2ccco2)NC1c1ccco1. The molecule has 1 N–H and O–H groups in total. The Bertz CT molecular complexity index is 632. The first kappa shape index (κ1) is 14.6. The number of ketones is 1. The van der Waals surface area contributed by atoms with Gasteiger partial charge in [-0.3, -0.25) is 14.9 Å². The number of carbonyl (C=O) groups excluding carboxylic acids is 2. The van der Waals surface area contributed by atoms with Crippen LogP contribution in [0.2, 0.25) is 0 Å². The first-order valence-corrected chi connectivity index (χ1v) is 7.23. The molecular weight excluding hydrogens is 286 g/mol. The van der Waals surface area contributed by atoms with Crippen LogP contribution in [0.5, 0.6) is 0 Å². The Labute approximate surface area is 127 Å². The van der Waals surface area contributed by atoms with Gasteiger partial charge in [-0.2, -0.15) is 0 Å². The van der Waals surface area contributed by atoms with Gasteiger partial charge in [-0.15, -0.1) is 0 Å². The van der Waals surface area contributed by atoms with E-state index < -0.39 is 17.9 Å². The van der Waals surface area contributed by atoms with E-state index in [1.807, 2.05) is 0 Å². The van der Waals surface area contributed by atoms with Crippen LogP contribution in [0.25, 0.3) is 0 Å². The van der Waals surface area contributed by atoms with Gasteiger partial charge in [0.05, 0.1) is 31.2 Å². The maximum absolute atomic E-state index is 12.5. The molecule has 22 heavy (non-hydrogen) atoms. The zero-order valence-corrected chi connectivity index (χ0v) is 12.2. The minimum absolute atomic E-state index is 0.175. The molecule has 3 unspecified atom stereocenters. The van der Waals surface area contributed by atoms with Gasteiger partial charge in [0.25, 0.3) is 0 Å². The van der Waals surface area contributed by atoms with Crippen molar-refractivity contribution in [1.29, 1.82) is 0 Å². The molecule has 1 aliphatic heterocycles. The van der Waals surface area contributed by atoms with Crippen LogP contribution in [0.4, 0.5) is 0 Å². The predicted octanol–water partition coefficient (Wildman–Crippen LogP) is 2.40. The standard InChI is InChI=1S/C16H17NO5/c1-2-20-16(19)14-11(18)9-10(12-5-3-7-21-12)17-15(14)13-6-4-8-22-13/h3-8,10,14-15,17H,2,9H2,1H3. The summed E-state index contributed by atoms with van der Waals surface area (Å²) in [6, 6.07) is 6.17. The van der Waals surface area contributed by atoms with Crippen molar-refractivity contribution >= 4 is 11.8 Å². The lowest BCUT2D eigenvalue weighted by Crippen LogP contribution is -2.46. The van der Waals surface area contributed by atoms with E-state index in [4.69, 9.17) is 13.6 Å². The van der Waals surface area contributed by atoms with Gasteiger partial charge in [0.2, 0.25) is 0 Å². The van der Waals surface area contributed by atoms with Crippen LogP contribution in [-0.2, 0) is 14.3 Å². The number of carbonyl (C=O) groups is 2. The maximum Gasteiger partial charge on any atom is 0.318 e. The zero-order valence-electron chi connectivity index (χ0n) is 12.2. The van der Waals surface area contributed by atoms with Crippen molar-refractivity contribution in [3.63, 3.8) is 0 Å². The van der Waals surface area contributed by atoms with Crippen LogP contribution >= 0.6 is 0 Å². The Morgan fingerprint density at radius 1 is 1.27 bits per heavy atom. The van der Waals surface area contributed by atoms with E-state index in [1.165, 1.54) is 6.26 Å². The second kappa shape index (κ2) is 6.19. The summed E-state index contributed by atoms with van der Waals surface area (Å²) in [5, 5.41) is 3.27. The normalized spacial score (nSPS) is 25.1. The molecule has 116 valence electrons. The largest absolute Gasteiger partial charge is 0.468 e. The molecule has 0 aromatic carbocycles. The molecule has 0 aliphatic carbocycles. The molecule has 0 amide bonds. The minimum atomic E-state index is -0.905. The summed E-state index contributed by atoms with van der Waals surface area (Å²) in [7, 11) is 0. The van der Waals surface area contributed by atoms with E-state index in [9.17, 15) is 9.59 Å². The summed E-state index contributed by atoms with van der Waals surface area (Å²) in [4.78, 5) is 24.7. The number of rotatable bonds is 4. The van der Waals surface area contributed by atoms with Crippen molar-refractivity contribution < 1.29 is 23.2 Å². The fourth-order valence-corrected chi connectivity index (χ4v) is 2.77. The van der Waals surface area contributed by atoms with E-state index in [-0.39, 0.29) is 24.9 Å². The average Bonchev–Trinajstić information content (AvgIpc) is 3.20. The van der Waals surface area contributed by atoms with Gasteiger partial charge in [0.15, 0.2) is 5.78 Å². The van der Waals surface area contributed by atoms with Gasteiger partial charge in [0, 0.05) is 6.42 Å². The van der Waals surface area contributed by atoms with Crippen molar-refractivity contribution in [3.8, 4) is 0 Å². The Morgan fingerprint density at radius 2 is 1.95 bits per heavy atom. The molecule has 6 heteroatoms. The Hall–Kier alpha value is -2.34. The van der Waals surface area contributed by atoms with Crippen LogP contribution < -0.4 is 5.32 Å². The smallest absolute Gasteiger partial charge is 0.318 e. The molecule has 2 aromatic heterocycles. The molecule has 0 bridgehead atoms. The molecule has 1 fully saturated rings. The highest BCUT2D eigenvalue weighted by Crippen LogP contribution is 2.36. The minimum Gasteiger partial charge on any atom is -0.468 e. The van der Waals surface area contributed by atoms with Gasteiger partial charge in [-0.1, -0.05) is 0 Å². The summed E-state index contributed by atoms with van der Waals surface area (Å²) in [6.07, 6.45) is 3.25. The van der Waals surface area contributed by atoms with Crippen molar-refractivity contribution in [3.05, 3.63) is 48.3 Å². The number of nitrogens with one attached hydrogen (secondary N) is 1. The van der Waals surface area contributed by atoms with E-state index in [2.05, 4.69) is 5.32 Å². The third-order valence-corrected chi connectivity index (χ3v) is 3.74. The third kappa shape index (κ3) is 2.69. The Kier molecular flexibility index (Phi) is 4.11. The fourth-order valence-electron chi connectivity index (χ4n) is 2.77. The zero-order chi connectivity index (χ0) is 15.5. The molecule has 1 saturated heterocycles. The highest BCUT2D eigenvalue weighted by molar-refractivity contribution is 6.00.